The van der Waals surface area contributed by atoms with Crippen LogP contribution < -0.4 is 11.2 Å². The lowest BCUT2D eigenvalue weighted by atomic mass is 9.91. The van der Waals surface area contributed by atoms with Gasteiger partial charge in [-0.25, -0.2) is 22.0 Å². The number of fused-ring (bicyclic) bond motifs is 1. The number of piperidine rings is 1. The third-order valence-corrected chi connectivity index (χ3v) is 9.10. The van der Waals surface area contributed by atoms with Crippen molar-refractivity contribution >= 4 is 15.5 Å². The topological polar surface area (TPSA) is 119 Å². The van der Waals surface area contributed by atoms with Crippen molar-refractivity contribution in [1.29, 1.82) is 0 Å². The number of pyridine rings is 1. The molecule has 3 aromatic heterocycles. The fraction of sp³-hybridized carbons (Fsp3) is 0.500. The second-order valence-electron chi connectivity index (χ2n) is 8.78. The van der Waals surface area contributed by atoms with E-state index in [9.17, 15) is 18.0 Å². The first-order valence-corrected chi connectivity index (χ1v) is 12.8. The molecule has 0 bridgehead atoms. The molecule has 0 unspecified atom stereocenters. The van der Waals surface area contributed by atoms with Gasteiger partial charge in [-0.3, -0.25) is 14.3 Å². The zero-order valence-electron chi connectivity index (χ0n) is 18.2. The van der Waals surface area contributed by atoms with Gasteiger partial charge in [0.05, 0.1) is 22.7 Å². The van der Waals surface area contributed by atoms with Crippen molar-refractivity contribution in [2.45, 2.75) is 37.4 Å². The lowest BCUT2D eigenvalue weighted by molar-refractivity contribution is 0.0967. The Kier molecular flexibility index (Phi) is 5.94. The van der Waals surface area contributed by atoms with Crippen LogP contribution in [0.2, 0.25) is 0 Å². The van der Waals surface area contributed by atoms with Gasteiger partial charge in [-0.2, -0.15) is 5.10 Å². The number of aromatic amines is 1. The number of rotatable bonds is 5. The van der Waals surface area contributed by atoms with Crippen LogP contribution in [0.4, 0.5) is 0 Å². The first kappa shape index (κ1) is 22.1. The molecule has 11 heteroatoms. The van der Waals surface area contributed by atoms with E-state index < -0.39 is 21.3 Å². The smallest absolute Gasteiger partial charge is 0.333 e. The van der Waals surface area contributed by atoms with Gasteiger partial charge in [0, 0.05) is 44.8 Å². The Labute approximate surface area is 190 Å². The SMILES string of the molecule is O=c1ccn(-c2cnn3ccc(CC4CCN(S(=O)(=O)C5CCOCC5)CC4)cc23)c(=O)[nH]1. The number of ether oxygens (including phenoxy) is 1. The van der Waals surface area contributed by atoms with Gasteiger partial charge in [-0.15, -0.1) is 0 Å². The van der Waals surface area contributed by atoms with Crippen molar-refractivity contribution in [3.63, 3.8) is 0 Å². The molecule has 2 fully saturated rings. The first-order valence-electron chi connectivity index (χ1n) is 11.3. The maximum atomic E-state index is 13.0. The number of nitrogens with one attached hydrogen (secondary N) is 1. The summed E-state index contributed by atoms with van der Waals surface area (Å²) < 4.78 is 36.0. The molecule has 0 atom stereocenters. The average molecular weight is 474 g/mol. The van der Waals surface area contributed by atoms with E-state index in [1.807, 2.05) is 18.3 Å². The molecule has 0 spiro atoms. The van der Waals surface area contributed by atoms with Gasteiger partial charge in [0.15, 0.2) is 0 Å². The molecular formula is C22H27N5O5S. The Balaban J connectivity index is 1.29. The summed E-state index contributed by atoms with van der Waals surface area (Å²) in [6.45, 7) is 2.14. The molecule has 0 aromatic carbocycles. The molecule has 176 valence electrons. The van der Waals surface area contributed by atoms with Crippen LogP contribution in [0.15, 0.2) is 46.4 Å². The average Bonchev–Trinajstić information content (AvgIpc) is 3.23. The number of hydrogen-bond acceptors (Lipinski definition) is 6. The highest BCUT2D eigenvalue weighted by molar-refractivity contribution is 7.89. The molecule has 1 N–H and O–H groups in total. The molecule has 10 nitrogen and oxygen atoms in total. The second-order valence-corrected chi connectivity index (χ2v) is 11.0. The Morgan fingerprint density at radius 1 is 1.06 bits per heavy atom. The lowest BCUT2D eigenvalue weighted by Gasteiger charge is -2.34. The van der Waals surface area contributed by atoms with Crippen molar-refractivity contribution in [2.75, 3.05) is 26.3 Å². The summed E-state index contributed by atoms with van der Waals surface area (Å²) >= 11 is 0. The molecule has 0 radical (unpaired) electrons. The van der Waals surface area contributed by atoms with E-state index in [1.54, 1.807) is 15.0 Å². The highest BCUT2D eigenvalue weighted by Crippen LogP contribution is 2.28. The van der Waals surface area contributed by atoms with Gasteiger partial charge >= 0.3 is 5.69 Å². The maximum absolute atomic E-state index is 13.0. The quantitative estimate of drug-likeness (QED) is 0.589. The zero-order chi connectivity index (χ0) is 23.0. The van der Waals surface area contributed by atoms with E-state index in [1.165, 1.54) is 16.8 Å². The van der Waals surface area contributed by atoms with Crippen LogP contribution in [0, 0.1) is 5.92 Å². The summed E-state index contributed by atoms with van der Waals surface area (Å²) in [5.41, 5.74) is 1.50. The van der Waals surface area contributed by atoms with Gasteiger partial charge in [0.25, 0.3) is 5.56 Å². The van der Waals surface area contributed by atoms with Gasteiger partial charge < -0.3 is 4.74 Å². The largest absolute Gasteiger partial charge is 0.381 e. The number of H-pyrrole nitrogens is 1. The first-order chi connectivity index (χ1) is 15.9. The molecule has 3 aromatic rings. The van der Waals surface area contributed by atoms with E-state index in [0.29, 0.717) is 50.8 Å². The molecule has 0 saturated carbocycles. The molecule has 0 aliphatic carbocycles. The Morgan fingerprint density at radius 3 is 2.55 bits per heavy atom. The van der Waals surface area contributed by atoms with Crippen LogP contribution >= 0.6 is 0 Å². The molecule has 5 heterocycles. The molecular weight excluding hydrogens is 446 g/mol. The van der Waals surface area contributed by atoms with Gasteiger partial charge in [0.2, 0.25) is 10.0 Å². The number of hydrogen-bond donors (Lipinski definition) is 1. The zero-order valence-corrected chi connectivity index (χ0v) is 19.0. The predicted octanol–water partition coefficient (Wildman–Crippen LogP) is 0.937. The highest BCUT2D eigenvalue weighted by atomic mass is 32.2. The van der Waals surface area contributed by atoms with Gasteiger partial charge in [0.1, 0.15) is 0 Å². The summed E-state index contributed by atoms with van der Waals surface area (Å²) in [4.78, 5) is 25.9. The van der Waals surface area contributed by atoms with Crippen molar-refractivity contribution in [2.24, 2.45) is 5.92 Å². The minimum atomic E-state index is -3.26. The number of aromatic nitrogens is 4. The maximum Gasteiger partial charge on any atom is 0.333 e. The molecule has 2 saturated heterocycles. The summed E-state index contributed by atoms with van der Waals surface area (Å²) in [5, 5.41) is 3.99. The van der Waals surface area contributed by atoms with E-state index in [2.05, 4.69) is 10.1 Å². The van der Waals surface area contributed by atoms with Crippen LogP contribution in [-0.2, 0) is 21.2 Å². The summed E-state index contributed by atoms with van der Waals surface area (Å²) in [6, 6.07) is 5.31. The fourth-order valence-electron chi connectivity index (χ4n) is 4.82. The Morgan fingerprint density at radius 2 is 1.82 bits per heavy atom. The van der Waals surface area contributed by atoms with Gasteiger partial charge in [-0.05, 0) is 55.7 Å². The van der Waals surface area contributed by atoms with Crippen LogP contribution in [0.1, 0.15) is 31.2 Å². The second kappa shape index (κ2) is 8.88. The van der Waals surface area contributed by atoms with Crippen molar-refractivity contribution in [3.05, 3.63) is 63.2 Å². The van der Waals surface area contributed by atoms with Crippen LogP contribution in [0.5, 0.6) is 0 Å². The molecule has 0 amide bonds. The molecule has 2 aliphatic heterocycles. The highest BCUT2D eigenvalue weighted by Gasteiger charge is 2.35. The standard InChI is InChI=1S/C22H27N5O5S/c28-21-4-9-26(22(29)24-21)20-15-23-27-10-3-17(14-19(20)27)13-16-1-7-25(8-2-16)33(30,31)18-5-11-32-12-6-18/h3-4,9-10,14-16,18H,1-2,5-8,11-13H2,(H,24,28,29). The lowest BCUT2D eigenvalue weighted by Crippen LogP contribution is -2.45. The number of sulfonamides is 1. The normalized spacial score (nSPS) is 19.3. The third kappa shape index (κ3) is 4.40. The fourth-order valence-corrected chi connectivity index (χ4v) is 6.75. The van der Waals surface area contributed by atoms with E-state index in [-0.39, 0.29) is 5.25 Å². The van der Waals surface area contributed by atoms with Crippen LogP contribution in [0.3, 0.4) is 0 Å². The van der Waals surface area contributed by atoms with Gasteiger partial charge in [-0.1, -0.05) is 0 Å². The summed E-state index contributed by atoms with van der Waals surface area (Å²) in [5.74, 6) is 0.385. The summed E-state index contributed by atoms with van der Waals surface area (Å²) in [7, 11) is -3.26. The van der Waals surface area contributed by atoms with Crippen molar-refractivity contribution < 1.29 is 13.2 Å². The minimum Gasteiger partial charge on any atom is -0.381 e. The van der Waals surface area contributed by atoms with Crippen molar-refractivity contribution in [3.8, 4) is 5.69 Å². The van der Waals surface area contributed by atoms with E-state index in [4.69, 9.17) is 4.74 Å². The Hall–Kier alpha value is -2.76. The molecule has 33 heavy (non-hydrogen) atoms. The molecule has 2 aliphatic rings. The third-order valence-electron chi connectivity index (χ3n) is 6.70. The van der Waals surface area contributed by atoms with E-state index >= 15 is 0 Å². The van der Waals surface area contributed by atoms with Crippen LogP contribution in [-0.4, -0.2) is 63.4 Å². The minimum absolute atomic E-state index is 0.318. The van der Waals surface area contributed by atoms with Crippen molar-refractivity contribution in [1.82, 2.24) is 23.5 Å². The molecule has 5 rings (SSSR count). The Bertz CT molecular complexity index is 1360. The number of nitrogens with zero attached hydrogens (tertiary/aromatic N) is 4. The monoisotopic (exact) mass is 473 g/mol. The predicted molar refractivity (Wildman–Crippen MR) is 122 cm³/mol. The van der Waals surface area contributed by atoms with Crippen LogP contribution in [0.25, 0.3) is 11.2 Å². The van der Waals surface area contributed by atoms with E-state index in [0.717, 1.165) is 30.3 Å². The summed E-state index contributed by atoms with van der Waals surface area (Å²) in [6.07, 6.45) is 8.52.